The molecule has 168 valence electrons. The van der Waals surface area contributed by atoms with Crippen LogP contribution >= 0.6 is 11.3 Å². The van der Waals surface area contributed by atoms with Gasteiger partial charge < -0.3 is 19.3 Å². The maximum Gasteiger partial charge on any atom is 0.349 e. The number of esters is 1. The highest BCUT2D eigenvalue weighted by Crippen LogP contribution is 2.27. The average molecular weight is 468 g/mol. The van der Waals surface area contributed by atoms with Crippen LogP contribution in [-0.2, 0) is 19.5 Å². The number of hydrogen-bond acceptors (Lipinski definition) is 10. The minimum atomic E-state index is -3.79. The van der Waals surface area contributed by atoms with Crippen LogP contribution in [0.3, 0.4) is 0 Å². The molecule has 0 aromatic carbocycles. The van der Waals surface area contributed by atoms with Gasteiger partial charge in [-0.1, -0.05) is 0 Å². The molecular formula is C19H25N5O5S2. The van der Waals surface area contributed by atoms with Gasteiger partial charge in [-0.3, -0.25) is 0 Å². The number of carbonyl (C=O) groups excluding carboxylic acids is 1. The van der Waals surface area contributed by atoms with Gasteiger partial charge in [0.05, 0.1) is 20.3 Å². The third-order valence-electron chi connectivity index (χ3n) is 5.30. The third-order valence-corrected chi connectivity index (χ3v) is 8.27. The Bertz CT molecular complexity index is 1040. The van der Waals surface area contributed by atoms with Gasteiger partial charge in [-0.25, -0.2) is 18.2 Å². The van der Waals surface area contributed by atoms with Crippen LogP contribution in [0.15, 0.2) is 22.4 Å². The van der Waals surface area contributed by atoms with E-state index in [0.29, 0.717) is 32.3 Å². The summed E-state index contributed by atoms with van der Waals surface area (Å²) in [5.74, 6) is 0.821. The van der Waals surface area contributed by atoms with Crippen molar-refractivity contribution in [2.75, 3.05) is 69.4 Å². The number of hydrogen-bond donors (Lipinski definition) is 0. The molecule has 0 N–H and O–H groups in total. The Labute approximate surface area is 185 Å². The normalized spacial score (nSPS) is 18.3. The molecule has 2 aliphatic rings. The summed E-state index contributed by atoms with van der Waals surface area (Å²) in [6.07, 6.45) is 0. The maximum atomic E-state index is 13.1. The van der Waals surface area contributed by atoms with E-state index in [9.17, 15) is 13.2 Å². The third kappa shape index (κ3) is 4.52. The number of nitrogens with zero attached hydrogens (tertiary/aromatic N) is 5. The first kappa shape index (κ1) is 21.9. The van der Waals surface area contributed by atoms with E-state index in [1.54, 1.807) is 5.38 Å². The first-order valence-electron chi connectivity index (χ1n) is 9.99. The van der Waals surface area contributed by atoms with Crippen LogP contribution in [-0.4, -0.2) is 88.3 Å². The summed E-state index contributed by atoms with van der Waals surface area (Å²) in [7, 11) is -2.55. The topological polar surface area (TPSA) is 105 Å². The molecule has 10 nitrogen and oxygen atoms in total. The summed E-state index contributed by atoms with van der Waals surface area (Å²) in [5, 5.41) is 1.59. The van der Waals surface area contributed by atoms with Crippen molar-refractivity contribution in [2.45, 2.75) is 11.8 Å². The largest absolute Gasteiger partial charge is 0.465 e. The lowest BCUT2D eigenvalue weighted by atomic mass is 10.3. The lowest BCUT2D eigenvalue weighted by Gasteiger charge is -2.35. The van der Waals surface area contributed by atoms with Crippen molar-refractivity contribution in [1.82, 2.24) is 14.3 Å². The molecule has 2 aromatic rings. The number of piperazine rings is 1. The smallest absolute Gasteiger partial charge is 0.349 e. The SMILES string of the molecule is COC(=O)c1sccc1S(=O)(=O)N1CCN(c2nc(C)cc(N3CCOCC3)n2)CC1. The molecule has 4 rings (SSSR count). The Kier molecular flexibility index (Phi) is 6.42. The van der Waals surface area contributed by atoms with E-state index in [-0.39, 0.29) is 22.9 Å². The van der Waals surface area contributed by atoms with Crippen LogP contribution in [0.2, 0.25) is 0 Å². The highest BCUT2D eigenvalue weighted by molar-refractivity contribution is 7.89. The second-order valence-electron chi connectivity index (χ2n) is 7.26. The zero-order valence-corrected chi connectivity index (χ0v) is 19.1. The number of aromatic nitrogens is 2. The fourth-order valence-corrected chi connectivity index (χ4v) is 6.37. The zero-order chi connectivity index (χ0) is 22.0. The lowest BCUT2D eigenvalue weighted by Crippen LogP contribution is -2.49. The minimum Gasteiger partial charge on any atom is -0.465 e. The Hall–Kier alpha value is -2.28. The molecule has 0 atom stereocenters. The van der Waals surface area contributed by atoms with Crippen LogP contribution in [0.5, 0.6) is 0 Å². The van der Waals surface area contributed by atoms with E-state index in [1.165, 1.54) is 17.5 Å². The van der Waals surface area contributed by atoms with Crippen LogP contribution < -0.4 is 9.80 Å². The van der Waals surface area contributed by atoms with Crippen molar-refractivity contribution < 1.29 is 22.7 Å². The van der Waals surface area contributed by atoms with Crippen LogP contribution in [0, 0.1) is 6.92 Å². The molecule has 0 saturated carbocycles. The number of methoxy groups -OCH3 is 1. The Morgan fingerprint density at radius 2 is 1.81 bits per heavy atom. The molecule has 0 unspecified atom stereocenters. The Morgan fingerprint density at radius 1 is 1.10 bits per heavy atom. The second-order valence-corrected chi connectivity index (χ2v) is 10.1. The zero-order valence-electron chi connectivity index (χ0n) is 17.5. The molecule has 0 bridgehead atoms. The summed E-state index contributed by atoms with van der Waals surface area (Å²) in [6.45, 7) is 6.32. The van der Waals surface area contributed by atoms with Gasteiger partial charge in [0.2, 0.25) is 16.0 Å². The number of aryl methyl sites for hydroxylation is 1. The van der Waals surface area contributed by atoms with Crippen molar-refractivity contribution >= 4 is 39.1 Å². The first-order chi connectivity index (χ1) is 14.9. The quantitative estimate of drug-likeness (QED) is 0.595. The van der Waals surface area contributed by atoms with Gasteiger partial charge in [0, 0.05) is 51.0 Å². The molecule has 0 aliphatic carbocycles. The standard InChI is InChI=1S/C19H25N5O5S2/c1-14-13-16(22-8-10-29-11-9-22)21-19(20-14)23-4-6-24(7-5-23)31(26,27)15-3-12-30-17(15)18(25)28-2/h3,12-13H,4-11H2,1-2H3. The van der Waals surface area contributed by atoms with E-state index in [2.05, 4.69) is 9.88 Å². The summed E-state index contributed by atoms with van der Waals surface area (Å²) in [4.78, 5) is 25.5. The predicted molar refractivity (Wildman–Crippen MR) is 116 cm³/mol. The molecular weight excluding hydrogens is 442 g/mol. The van der Waals surface area contributed by atoms with Crippen molar-refractivity contribution in [3.8, 4) is 0 Å². The number of rotatable bonds is 5. The van der Waals surface area contributed by atoms with E-state index in [0.717, 1.165) is 35.9 Å². The monoisotopic (exact) mass is 467 g/mol. The minimum absolute atomic E-state index is 0.000732. The van der Waals surface area contributed by atoms with Crippen molar-refractivity contribution in [1.29, 1.82) is 0 Å². The average Bonchev–Trinajstić information content (AvgIpc) is 3.30. The summed E-state index contributed by atoms with van der Waals surface area (Å²) in [5.41, 5.74) is 0.863. The van der Waals surface area contributed by atoms with Crippen molar-refractivity contribution in [2.24, 2.45) is 0 Å². The molecule has 31 heavy (non-hydrogen) atoms. The van der Waals surface area contributed by atoms with Crippen molar-refractivity contribution in [3.05, 3.63) is 28.1 Å². The number of morpholine rings is 1. The number of thiophene rings is 1. The Balaban J connectivity index is 1.48. The molecule has 2 aliphatic heterocycles. The number of carbonyl (C=O) groups is 1. The number of sulfonamides is 1. The molecule has 2 fully saturated rings. The van der Waals surface area contributed by atoms with Gasteiger partial charge in [-0.2, -0.15) is 9.29 Å². The predicted octanol–water partition coefficient (Wildman–Crippen LogP) is 0.981. The molecule has 0 radical (unpaired) electrons. The van der Waals surface area contributed by atoms with E-state index in [1.807, 2.05) is 17.9 Å². The van der Waals surface area contributed by atoms with Gasteiger partial charge in [-0.05, 0) is 18.4 Å². The van der Waals surface area contributed by atoms with E-state index in [4.69, 9.17) is 14.5 Å². The summed E-state index contributed by atoms with van der Waals surface area (Å²) in [6, 6.07) is 3.41. The highest BCUT2D eigenvalue weighted by atomic mass is 32.2. The van der Waals surface area contributed by atoms with Gasteiger partial charge >= 0.3 is 5.97 Å². The molecule has 2 aromatic heterocycles. The van der Waals surface area contributed by atoms with Crippen LogP contribution in [0.4, 0.5) is 11.8 Å². The molecule has 0 amide bonds. The fraction of sp³-hybridized carbons (Fsp3) is 0.526. The highest BCUT2D eigenvalue weighted by Gasteiger charge is 2.33. The molecule has 0 spiro atoms. The summed E-state index contributed by atoms with van der Waals surface area (Å²) < 4.78 is 37.7. The fourth-order valence-electron chi connectivity index (χ4n) is 3.64. The van der Waals surface area contributed by atoms with Gasteiger partial charge in [0.1, 0.15) is 15.6 Å². The van der Waals surface area contributed by atoms with Crippen LogP contribution in [0.25, 0.3) is 0 Å². The molecule has 12 heteroatoms. The first-order valence-corrected chi connectivity index (χ1v) is 12.3. The number of ether oxygens (including phenoxy) is 2. The van der Waals surface area contributed by atoms with E-state index < -0.39 is 16.0 Å². The Morgan fingerprint density at radius 3 is 2.48 bits per heavy atom. The van der Waals surface area contributed by atoms with E-state index >= 15 is 0 Å². The van der Waals surface area contributed by atoms with Gasteiger partial charge in [0.15, 0.2) is 0 Å². The summed E-state index contributed by atoms with van der Waals surface area (Å²) >= 11 is 1.06. The molecule has 4 heterocycles. The van der Waals surface area contributed by atoms with Gasteiger partial charge in [0.25, 0.3) is 0 Å². The lowest BCUT2D eigenvalue weighted by molar-refractivity contribution is 0.0602. The molecule has 2 saturated heterocycles. The van der Waals surface area contributed by atoms with Crippen LogP contribution in [0.1, 0.15) is 15.4 Å². The second kappa shape index (κ2) is 9.07. The maximum absolute atomic E-state index is 13.1. The van der Waals surface area contributed by atoms with Gasteiger partial charge in [-0.15, -0.1) is 11.3 Å². The number of anilines is 2. The van der Waals surface area contributed by atoms with Crippen molar-refractivity contribution in [3.63, 3.8) is 0 Å².